The van der Waals surface area contributed by atoms with E-state index in [-0.39, 0.29) is 6.61 Å². The van der Waals surface area contributed by atoms with Crippen LogP contribution in [0.5, 0.6) is 0 Å². The molecule has 2 aromatic heterocycles. The molecule has 0 amide bonds. The lowest BCUT2D eigenvalue weighted by atomic mass is 10.2. The molecule has 0 N–H and O–H groups in total. The number of carbonyl (C=O) groups is 1. The zero-order valence-corrected chi connectivity index (χ0v) is 12.4. The zero-order chi connectivity index (χ0) is 15.4. The molecule has 5 heteroatoms. The molecule has 0 aliphatic rings. The predicted octanol–water partition coefficient (Wildman–Crippen LogP) is 3.74. The normalized spacial score (nSPS) is 11.1. The first kappa shape index (κ1) is 14.4. The summed E-state index contributed by atoms with van der Waals surface area (Å²) in [4.78, 5) is 16.0. The van der Waals surface area contributed by atoms with Crippen molar-refractivity contribution >= 4 is 29.3 Å². The summed E-state index contributed by atoms with van der Waals surface area (Å²) >= 11 is 5.91. The van der Waals surface area contributed by atoms with E-state index >= 15 is 0 Å². The van der Waals surface area contributed by atoms with Crippen molar-refractivity contribution in [3.8, 4) is 0 Å². The summed E-state index contributed by atoms with van der Waals surface area (Å²) in [6.07, 6.45) is 6.66. The van der Waals surface area contributed by atoms with Gasteiger partial charge in [-0.05, 0) is 23.8 Å². The fourth-order valence-electron chi connectivity index (χ4n) is 2.01. The van der Waals surface area contributed by atoms with Gasteiger partial charge >= 0.3 is 5.97 Å². The van der Waals surface area contributed by atoms with Crippen LogP contribution in [0.15, 0.2) is 60.9 Å². The van der Waals surface area contributed by atoms with Crippen LogP contribution in [-0.2, 0) is 16.1 Å². The molecule has 0 saturated carbocycles. The maximum absolute atomic E-state index is 11.7. The molecule has 3 rings (SSSR count). The molecule has 22 heavy (non-hydrogen) atoms. The van der Waals surface area contributed by atoms with Crippen LogP contribution in [0.3, 0.4) is 0 Å². The van der Waals surface area contributed by atoms with Gasteiger partial charge in [0.25, 0.3) is 0 Å². The first-order valence-electron chi connectivity index (χ1n) is 6.74. The van der Waals surface area contributed by atoms with Crippen LogP contribution in [-0.4, -0.2) is 15.4 Å². The van der Waals surface area contributed by atoms with Gasteiger partial charge in [0.2, 0.25) is 0 Å². The highest BCUT2D eigenvalue weighted by molar-refractivity contribution is 6.30. The molecule has 110 valence electrons. The smallest absolute Gasteiger partial charge is 0.331 e. The summed E-state index contributed by atoms with van der Waals surface area (Å²) in [5.74, 6) is -0.404. The largest absolute Gasteiger partial charge is 0.456 e. The highest BCUT2D eigenvalue weighted by atomic mass is 35.5. The van der Waals surface area contributed by atoms with Crippen molar-refractivity contribution in [1.82, 2.24) is 9.38 Å². The number of pyridine rings is 1. The molecule has 0 unspecified atom stereocenters. The van der Waals surface area contributed by atoms with Gasteiger partial charge in [0.05, 0.1) is 10.7 Å². The molecule has 0 saturated heterocycles. The van der Waals surface area contributed by atoms with E-state index in [1.165, 1.54) is 6.08 Å². The first-order valence-corrected chi connectivity index (χ1v) is 7.11. The molecule has 0 aliphatic heterocycles. The molecule has 0 aliphatic carbocycles. The van der Waals surface area contributed by atoms with E-state index in [1.54, 1.807) is 28.9 Å². The molecule has 4 nitrogen and oxygen atoms in total. The van der Waals surface area contributed by atoms with Crippen molar-refractivity contribution in [1.29, 1.82) is 0 Å². The third-order valence-corrected chi connectivity index (χ3v) is 3.26. The highest BCUT2D eigenvalue weighted by Gasteiger charge is 2.04. The Morgan fingerprint density at radius 1 is 1.18 bits per heavy atom. The molecule has 2 heterocycles. The summed E-state index contributed by atoms with van der Waals surface area (Å²) in [5.41, 5.74) is 2.38. The van der Waals surface area contributed by atoms with Gasteiger partial charge in [0.15, 0.2) is 0 Å². The minimum atomic E-state index is -0.404. The number of hydrogen-bond acceptors (Lipinski definition) is 3. The van der Waals surface area contributed by atoms with Gasteiger partial charge in [-0.15, -0.1) is 0 Å². The van der Waals surface area contributed by atoms with E-state index < -0.39 is 5.97 Å². The van der Waals surface area contributed by atoms with Crippen molar-refractivity contribution in [2.24, 2.45) is 0 Å². The van der Waals surface area contributed by atoms with Crippen molar-refractivity contribution in [3.63, 3.8) is 0 Å². The Morgan fingerprint density at radius 3 is 2.82 bits per heavy atom. The van der Waals surface area contributed by atoms with Crippen molar-refractivity contribution < 1.29 is 9.53 Å². The lowest BCUT2D eigenvalue weighted by molar-refractivity contribution is -0.139. The van der Waals surface area contributed by atoms with Crippen molar-refractivity contribution in [3.05, 3.63) is 77.2 Å². The number of hydrogen-bond donors (Lipinski definition) is 0. The average molecular weight is 313 g/mol. The maximum atomic E-state index is 11.7. The van der Waals surface area contributed by atoms with Gasteiger partial charge in [-0.2, -0.15) is 0 Å². The number of carbonyl (C=O) groups excluding carboxylic acids is 1. The van der Waals surface area contributed by atoms with E-state index in [4.69, 9.17) is 16.3 Å². The summed E-state index contributed by atoms with van der Waals surface area (Å²) in [6, 6.07) is 13.1. The number of benzene rings is 1. The predicted molar refractivity (Wildman–Crippen MR) is 85.5 cm³/mol. The molecular weight excluding hydrogens is 300 g/mol. The van der Waals surface area contributed by atoms with Crippen LogP contribution in [0.25, 0.3) is 11.7 Å². The Kier molecular flexibility index (Phi) is 4.21. The van der Waals surface area contributed by atoms with Crippen LogP contribution in [0.4, 0.5) is 0 Å². The van der Waals surface area contributed by atoms with Crippen LogP contribution in [0.1, 0.15) is 11.3 Å². The Bertz CT molecular complexity index is 825. The molecule has 0 radical (unpaired) electrons. The fourth-order valence-corrected chi connectivity index (χ4v) is 2.18. The average Bonchev–Trinajstić information content (AvgIpc) is 2.94. The molecular formula is C17H13ClN2O2. The minimum absolute atomic E-state index is 0.122. The Balaban J connectivity index is 1.61. The molecule has 0 spiro atoms. The van der Waals surface area contributed by atoms with Crippen LogP contribution in [0, 0.1) is 0 Å². The van der Waals surface area contributed by atoms with Gasteiger partial charge in [0.1, 0.15) is 12.3 Å². The number of fused-ring (bicyclic) bond motifs is 1. The maximum Gasteiger partial charge on any atom is 0.331 e. The van der Waals surface area contributed by atoms with E-state index in [9.17, 15) is 4.79 Å². The quantitative estimate of drug-likeness (QED) is 0.544. The van der Waals surface area contributed by atoms with Crippen LogP contribution >= 0.6 is 11.6 Å². The van der Waals surface area contributed by atoms with Gasteiger partial charge < -0.3 is 9.14 Å². The number of halogens is 1. The van der Waals surface area contributed by atoms with E-state index in [0.29, 0.717) is 10.7 Å². The Morgan fingerprint density at radius 2 is 2.00 bits per heavy atom. The van der Waals surface area contributed by atoms with Gasteiger partial charge in [-0.3, -0.25) is 0 Å². The second-order valence-electron chi connectivity index (χ2n) is 4.70. The van der Waals surface area contributed by atoms with E-state index in [0.717, 1.165) is 11.2 Å². The van der Waals surface area contributed by atoms with E-state index in [1.807, 2.05) is 36.4 Å². The molecule has 0 atom stereocenters. The standard InChI is InChI=1S/C17H13ClN2O2/c18-14-7-8-16-19-15(11-20(16)10-14)12-22-17(21)9-6-13-4-2-1-3-5-13/h1-11H,12H2. The number of nitrogens with zero attached hydrogens (tertiary/aromatic N) is 2. The van der Waals surface area contributed by atoms with Gasteiger partial charge in [-0.25, -0.2) is 9.78 Å². The SMILES string of the molecule is O=C(C=Cc1ccccc1)OCc1cn2cc(Cl)ccc2n1. The lowest BCUT2D eigenvalue weighted by Gasteiger charge is -1.98. The number of rotatable bonds is 4. The first-order chi connectivity index (χ1) is 10.7. The minimum Gasteiger partial charge on any atom is -0.456 e. The number of ether oxygens (including phenoxy) is 1. The topological polar surface area (TPSA) is 43.6 Å². The van der Waals surface area contributed by atoms with Gasteiger partial charge in [-0.1, -0.05) is 41.9 Å². The second-order valence-corrected chi connectivity index (χ2v) is 5.13. The number of aromatic nitrogens is 2. The van der Waals surface area contributed by atoms with Crippen LogP contribution < -0.4 is 0 Å². The summed E-state index contributed by atoms with van der Waals surface area (Å²) in [5, 5.41) is 0.624. The zero-order valence-electron chi connectivity index (χ0n) is 11.6. The third-order valence-electron chi connectivity index (χ3n) is 3.04. The van der Waals surface area contributed by atoms with Crippen LogP contribution in [0.2, 0.25) is 5.02 Å². The molecule has 1 aromatic carbocycles. The number of esters is 1. The molecule has 3 aromatic rings. The third kappa shape index (κ3) is 3.54. The highest BCUT2D eigenvalue weighted by Crippen LogP contribution is 2.12. The van der Waals surface area contributed by atoms with Crippen molar-refractivity contribution in [2.45, 2.75) is 6.61 Å². The Labute approximate surface area is 132 Å². The van der Waals surface area contributed by atoms with E-state index in [2.05, 4.69) is 4.98 Å². The summed E-state index contributed by atoms with van der Waals surface area (Å²) in [6.45, 7) is 0.122. The Hall–Kier alpha value is -2.59. The van der Waals surface area contributed by atoms with Gasteiger partial charge in [0, 0.05) is 18.5 Å². The molecule has 0 bridgehead atoms. The molecule has 0 fully saturated rings. The fraction of sp³-hybridized carbons (Fsp3) is 0.0588. The second kappa shape index (κ2) is 6.45. The number of imidazole rings is 1. The monoisotopic (exact) mass is 312 g/mol. The summed E-state index contributed by atoms with van der Waals surface area (Å²) in [7, 11) is 0. The summed E-state index contributed by atoms with van der Waals surface area (Å²) < 4.78 is 6.97. The lowest BCUT2D eigenvalue weighted by Crippen LogP contribution is -2.00. The van der Waals surface area contributed by atoms with Crippen molar-refractivity contribution in [2.75, 3.05) is 0 Å².